The number of amidine groups is 1. The van der Waals surface area contributed by atoms with E-state index in [1.807, 2.05) is 84.9 Å². The van der Waals surface area contributed by atoms with Crippen LogP contribution in [0, 0.1) is 5.41 Å². The molecule has 1 N–H and O–H groups in total. The standard InChI is InChI=1S/C46H33F3N2O3/c1-28-38-24-16-31(26-40(38)29(2)42(28)30-14-20-36(21-15-30)53-34-10-6-4-7-11-34)45(3,46(47,48)49)32-17-25-39-41(27-32)44(52)51(43(39)50)33-18-22-37(23-19-33)54-35-12-8-5-9-13-35/h4-27,42,50H,1-2H2,3H3. The molecule has 0 fully saturated rings. The maximum Gasteiger partial charge on any atom is 0.402 e. The third kappa shape index (κ3) is 5.76. The molecule has 0 radical (unpaired) electrons. The molecule has 0 saturated carbocycles. The van der Waals surface area contributed by atoms with Crippen molar-refractivity contribution in [1.29, 1.82) is 5.41 Å². The Labute approximate surface area is 310 Å². The number of anilines is 1. The van der Waals surface area contributed by atoms with E-state index in [1.54, 1.807) is 36.4 Å². The first kappa shape index (κ1) is 34.4. The largest absolute Gasteiger partial charge is 0.457 e. The molecule has 1 aliphatic heterocycles. The Kier molecular flexibility index (Phi) is 8.33. The van der Waals surface area contributed by atoms with Crippen LogP contribution in [-0.2, 0) is 5.41 Å². The molecule has 0 aromatic heterocycles. The summed E-state index contributed by atoms with van der Waals surface area (Å²) >= 11 is 0. The lowest BCUT2D eigenvalue weighted by Crippen LogP contribution is -2.40. The SMILES string of the molecule is C=C1c2ccc(C(C)(c3ccc4c(c3)C(=O)N(c3ccc(Oc5ccccc5)cc3)C4=N)C(F)(F)F)cc2C(=C)C1c1ccc(Oc2ccccc2)cc1. The van der Waals surface area contributed by atoms with Crippen molar-refractivity contribution in [2.45, 2.75) is 24.4 Å². The average molecular weight is 719 g/mol. The number of rotatable bonds is 8. The van der Waals surface area contributed by atoms with Crippen LogP contribution in [0.3, 0.4) is 0 Å². The van der Waals surface area contributed by atoms with Crippen molar-refractivity contribution < 1.29 is 27.4 Å². The van der Waals surface area contributed by atoms with Gasteiger partial charge in [0.15, 0.2) is 0 Å². The van der Waals surface area contributed by atoms with E-state index in [-0.39, 0.29) is 34.0 Å². The Morgan fingerprint density at radius 3 is 1.59 bits per heavy atom. The van der Waals surface area contributed by atoms with Gasteiger partial charge >= 0.3 is 6.18 Å². The summed E-state index contributed by atoms with van der Waals surface area (Å²) in [6.07, 6.45) is -4.75. The molecule has 2 aliphatic rings. The van der Waals surface area contributed by atoms with Crippen LogP contribution < -0.4 is 14.4 Å². The lowest BCUT2D eigenvalue weighted by Gasteiger charge is -2.34. The number of nitrogens with zero attached hydrogens (tertiary/aromatic N) is 1. The molecular formula is C46H33F3N2O3. The van der Waals surface area contributed by atoms with Crippen molar-refractivity contribution in [2.75, 3.05) is 4.90 Å². The van der Waals surface area contributed by atoms with Crippen molar-refractivity contribution >= 4 is 28.6 Å². The number of nitrogens with one attached hydrogen (secondary N) is 1. The first-order chi connectivity index (χ1) is 25.9. The van der Waals surface area contributed by atoms with Gasteiger partial charge in [-0.05, 0) is 119 Å². The fourth-order valence-corrected chi connectivity index (χ4v) is 7.29. The highest BCUT2D eigenvalue weighted by Crippen LogP contribution is 2.53. The number of halogens is 3. The number of carbonyl (C=O) groups excluding carboxylic acids is 1. The second kappa shape index (κ2) is 13.1. The monoisotopic (exact) mass is 718 g/mol. The fraction of sp³-hybridized carbons (Fsp3) is 0.0870. The van der Waals surface area contributed by atoms with E-state index in [4.69, 9.17) is 14.9 Å². The van der Waals surface area contributed by atoms with E-state index in [2.05, 4.69) is 13.2 Å². The van der Waals surface area contributed by atoms with Crippen molar-refractivity contribution in [1.82, 2.24) is 0 Å². The zero-order chi connectivity index (χ0) is 37.8. The molecule has 8 heteroatoms. The molecule has 8 rings (SSSR count). The number of carbonyl (C=O) groups is 1. The highest BCUT2D eigenvalue weighted by molar-refractivity contribution is 6.35. The fourth-order valence-electron chi connectivity index (χ4n) is 7.29. The Bertz CT molecular complexity index is 2290. The lowest BCUT2D eigenvalue weighted by molar-refractivity contribution is -0.173. The molecule has 6 aromatic carbocycles. The summed E-state index contributed by atoms with van der Waals surface area (Å²) in [6.45, 7) is 9.77. The topological polar surface area (TPSA) is 62.6 Å². The number of alkyl halides is 3. The predicted octanol–water partition coefficient (Wildman–Crippen LogP) is 11.9. The molecule has 2 unspecified atom stereocenters. The van der Waals surface area contributed by atoms with Crippen molar-refractivity contribution in [3.8, 4) is 23.0 Å². The molecule has 0 bridgehead atoms. The molecule has 5 nitrogen and oxygen atoms in total. The van der Waals surface area contributed by atoms with Crippen molar-refractivity contribution in [2.24, 2.45) is 0 Å². The zero-order valence-corrected chi connectivity index (χ0v) is 29.2. The van der Waals surface area contributed by atoms with Gasteiger partial charge in [0.1, 0.15) is 34.2 Å². The van der Waals surface area contributed by atoms with Crippen LogP contribution in [0.1, 0.15) is 56.6 Å². The van der Waals surface area contributed by atoms with Gasteiger partial charge < -0.3 is 9.47 Å². The molecular weight excluding hydrogens is 686 g/mol. The number of ether oxygens (including phenoxy) is 2. The molecule has 6 aromatic rings. The summed E-state index contributed by atoms with van der Waals surface area (Å²) in [5, 5.41) is 8.81. The Morgan fingerprint density at radius 1 is 0.593 bits per heavy atom. The van der Waals surface area contributed by atoms with E-state index in [1.165, 1.54) is 29.2 Å². The smallest absolute Gasteiger partial charge is 0.402 e. The van der Waals surface area contributed by atoms with Gasteiger partial charge in [-0.2, -0.15) is 13.2 Å². The zero-order valence-electron chi connectivity index (χ0n) is 29.2. The van der Waals surface area contributed by atoms with Crippen LogP contribution in [0.2, 0.25) is 0 Å². The van der Waals surface area contributed by atoms with E-state index >= 15 is 13.2 Å². The minimum Gasteiger partial charge on any atom is -0.457 e. The van der Waals surface area contributed by atoms with Crippen LogP contribution in [0.4, 0.5) is 18.9 Å². The Morgan fingerprint density at radius 2 is 1.06 bits per heavy atom. The van der Waals surface area contributed by atoms with E-state index in [0.29, 0.717) is 39.8 Å². The summed E-state index contributed by atoms with van der Waals surface area (Å²) in [6, 6.07) is 41.5. The van der Waals surface area contributed by atoms with E-state index in [0.717, 1.165) is 23.6 Å². The van der Waals surface area contributed by atoms with Crippen LogP contribution >= 0.6 is 0 Å². The van der Waals surface area contributed by atoms with Gasteiger partial charge in [0, 0.05) is 11.5 Å². The van der Waals surface area contributed by atoms with Crippen LogP contribution in [-0.4, -0.2) is 17.9 Å². The predicted molar refractivity (Wildman–Crippen MR) is 206 cm³/mol. The summed E-state index contributed by atoms with van der Waals surface area (Å²) in [4.78, 5) is 15.0. The highest BCUT2D eigenvalue weighted by Gasteiger charge is 2.54. The maximum absolute atomic E-state index is 15.4. The number of amides is 1. The van der Waals surface area contributed by atoms with Gasteiger partial charge in [-0.1, -0.05) is 86.0 Å². The second-order valence-electron chi connectivity index (χ2n) is 13.5. The third-order valence-corrected chi connectivity index (χ3v) is 10.3. The normalized spacial score (nSPS) is 16.2. The van der Waals surface area contributed by atoms with Crippen LogP contribution in [0.5, 0.6) is 23.0 Å². The van der Waals surface area contributed by atoms with Gasteiger partial charge in [-0.25, -0.2) is 0 Å². The average Bonchev–Trinajstić information content (AvgIpc) is 3.58. The van der Waals surface area contributed by atoms with Gasteiger partial charge in [-0.3, -0.25) is 15.1 Å². The molecule has 266 valence electrons. The molecule has 2 atom stereocenters. The van der Waals surface area contributed by atoms with E-state index < -0.39 is 17.5 Å². The van der Waals surface area contributed by atoms with Crippen molar-refractivity contribution in [3.05, 3.63) is 198 Å². The first-order valence-electron chi connectivity index (χ1n) is 17.3. The number of para-hydroxylation sites is 2. The van der Waals surface area contributed by atoms with Crippen LogP contribution in [0.15, 0.2) is 159 Å². The minimum absolute atomic E-state index is 0.00120. The first-order valence-corrected chi connectivity index (χ1v) is 17.3. The second-order valence-corrected chi connectivity index (χ2v) is 13.5. The lowest BCUT2D eigenvalue weighted by atomic mass is 9.74. The summed E-state index contributed by atoms with van der Waals surface area (Å²) in [5.74, 6) is 1.49. The maximum atomic E-state index is 15.4. The quantitative estimate of drug-likeness (QED) is 0.170. The summed E-state index contributed by atoms with van der Waals surface area (Å²) in [7, 11) is 0. The summed E-state index contributed by atoms with van der Waals surface area (Å²) in [5.41, 5.74) is 1.66. The van der Waals surface area contributed by atoms with Crippen molar-refractivity contribution in [3.63, 3.8) is 0 Å². The number of hydrogen-bond donors (Lipinski definition) is 1. The Balaban J connectivity index is 1.08. The number of fused-ring (bicyclic) bond motifs is 2. The van der Waals surface area contributed by atoms with Gasteiger partial charge in [0.2, 0.25) is 0 Å². The number of allylic oxidation sites excluding steroid dienone is 2. The van der Waals surface area contributed by atoms with Crippen LogP contribution in [0.25, 0.3) is 11.1 Å². The third-order valence-electron chi connectivity index (χ3n) is 10.3. The molecule has 54 heavy (non-hydrogen) atoms. The Hall–Kier alpha value is -6.67. The van der Waals surface area contributed by atoms with Gasteiger partial charge in [0.05, 0.1) is 11.3 Å². The van der Waals surface area contributed by atoms with E-state index in [9.17, 15) is 4.79 Å². The molecule has 1 amide bonds. The highest BCUT2D eigenvalue weighted by atomic mass is 19.4. The molecule has 0 spiro atoms. The summed E-state index contributed by atoms with van der Waals surface area (Å²) < 4.78 is 58.0. The number of benzene rings is 6. The molecule has 0 saturated heterocycles. The minimum atomic E-state index is -4.75. The van der Waals surface area contributed by atoms with Gasteiger partial charge in [-0.15, -0.1) is 0 Å². The number of hydrogen-bond acceptors (Lipinski definition) is 4. The van der Waals surface area contributed by atoms with Gasteiger partial charge in [0.25, 0.3) is 5.91 Å². The molecule has 1 aliphatic carbocycles. The molecule has 1 heterocycles.